The molecule has 0 saturated carbocycles. The summed E-state index contributed by atoms with van der Waals surface area (Å²) in [5, 5.41) is 4.94. The second-order valence-electron chi connectivity index (χ2n) is 6.86. The van der Waals surface area contributed by atoms with Crippen LogP contribution in [0.15, 0.2) is 87.9 Å². The first-order chi connectivity index (χ1) is 14.7. The van der Waals surface area contributed by atoms with Crippen molar-refractivity contribution in [3.63, 3.8) is 0 Å². The minimum Gasteiger partial charge on any atom is -0.434 e. The number of hydrogen-bond acceptors (Lipinski definition) is 4. The van der Waals surface area contributed by atoms with Crippen LogP contribution in [0, 0.1) is 0 Å². The first-order valence-electron chi connectivity index (χ1n) is 9.45. The van der Waals surface area contributed by atoms with Gasteiger partial charge in [0.05, 0.1) is 0 Å². The normalized spacial score (nSPS) is 11.1. The molecule has 5 nitrogen and oxygen atoms in total. The van der Waals surface area contributed by atoms with Gasteiger partial charge < -0.3 is 9.73 Å². The summed E-state index contributed by atoms with van der Waals surface area (Å²) in [6.45, 7) is 0.429. The zero-order valence-corrected chi connectivity index (χ0v) is 17.4. The van der Waals surface area contributed by atoms with Crippen LogP contribution in [0.25, 0.3) is 33.5 Å². The summed E-state index contributed by atoms with van der Waals surface area (Å²) in [5.41, 5.74) is 3.75. The highest BCUT2D eigenvalue weighted by molar-refractivity contribution is 9.10. The average molecular weight is 458 g/mol. The van der Waals surface area contributed by atoms with Gasteiger partial charge in [-0.25, -0.2) is 4.98 Å². The van der Waals surface area contributed by atoms with Crippen LogP contribution in [0.5, 0.6) is 0 Å². The number of amides is 1. The van der Waals surface area contributed by atoms with Crippen molar-refractivity contribution in [2.45, 2.75) is 6.54 Å². The molecular weight excluding hydrogens is 442 g/mol. The van der Waals surface area contributed by atoms with Gasteiger partial charge in [-0.1, -0.05) is 52.3 Å². The smallest absolute Gasteiger partial charge is 0.252 e. The predicted octanol–water partition coefficient (Wildman–Crippen LogP) is 5.74. The Labute approximate surface area is 180 Å². The van der Waals surface area contributed by atoms with Crippen LogP contribution in [-0.2, 0) is 6.54 Å². The molecule has 5 rings (SSSR count). The number of nitrogens with zero attached hydrogens (tertiary/aromatic N) is 2. The maximum absolute atomic E-state index is 12.8. The molecule has 0 saturated heterocycles. The second-order valence-corrected chi connectivity index (χ2v) is 7.72. The molecular formula is C24H16BrN3O2. The molecule has 0 fully saturated rings. The van der Waals surface area contributed by atoms with E-state index in [0.717, 1.165) is 26.4 Å². The second kappa shape index (κ2) is 7.72. The van der Waals surface area contributed by atoms with E-state index in [-0.39, 0.29) is 5.91 Å². The Hall–Kier alpha value is -3.51. The number of benzene rings is 3. The van der Waals surface area contributed by atoms with Crippen LogP contribution in [0.3, 0.4) is 0 Å². The molecule has 0 aliphatic rings. The molecule has 1 amide bonds. The van der Waals surface area contributed by atoms with Crippen molar-refractivity contribution < 1.29 is 9.21 Å². The van der Waals surface area contributed by atoms with Crippen LogP contribution < -0.4 is 5.32 Å². The van der Waals surface area contributed by atoms with Crippen LogP contribution in [-0.4, -0.2) is 15.9 Å². The van der Waals surface area contributed by atoms with Gasteiger partial charge in [-0.2, -0.15) is 4.98 Å². The van der Waals surface area contributed by atoms with Crippen LogP contribution in [0.2, 0.25) is 0 Å². The maximum atomic E-state index is 12.8. The largest absolute Gasteiger partial charge is 0.434 e. The minimum atomic E-state index is -0.104. The fraction of sp³-hybridized carbons (Fsp3) is 0.0417. The number of aromatic nitrogens is 2. The Balaban J connectivity index is 1.32. The minimum absolute atomic E-state index is 0.104. The van der Waals surface area contributed by atoms with Crippen molar-refractivity contribution in [2.24, 2.45) is 0 Å². The third-order valence-electron chi connectivity index (χ3n) is 4.93. The molecule has 0 atom stereocenters. The molecule has 30 heavy (non-hydrogen) atoms. The Bertz CT molecular complexity index is 1340. The number of nitrogens with one attached hydrogen (secondary N) is 1. The molecule has 0 radical (unpaired) electrons. The van der Waals surface area contributed by atoms with Crippen molar-refractivity contribution in [3.8, 4) is 11.5 Å². The van der Waals surface area contributed by atoms with Gasteiger partial charge in [-0.05, 0) is 52.7 Å². The monoisotopic (exact) mass is 457 g/mol. The first-order valence-corrected chi connectivity index (χ1v) is 10.2. The summed E-state index contributed by atoms with van der Waals surface area (Å²) in [6, 6.07) is 23.0. The lowest BCUT2D eigenvalue weighted by Crippen LogP contribution is -2.23. The van der Waals surface area contributed by atoms with Crippen molar-refractivity contribution >= 4 is 43.8 Å². The van der Waals surface area contributed by atoms with Gasteiger partial charge in [0.15, 0.2) is 11.2 Å². The summed E-state index contributed by atoms with van der Waals surface area (Å²) >= 11 is 3.54. The van der Waals surface area contributed by atoms with Gasteiger partial charge in [0.25, 0.3) is 5.91 Å². The summed E-state index contributed by atoms with van der Waals surface area (Å²) in [6.07, 6.45) is 1.69. The number of carbonyl (C=O) groups is 1. The standard InChI is InChI=1S/C24H16BrN3O2/c25-20-7-2-4-17-18(20)5-1-6-19(17)23(29)27-14-15-9-11-16(12-10-15)24-28-22-21(30-24)8-3-13-26-22/h1-13H,14H2,(H,27,29). The molecule has 1 N–H and O–H groups in total. The van der Waals surface area contributed by atoms with E-state index in [4.69, 9.17) is 4.42 Å². The molecule has 5 aromatic rings. The molecule has 146 valence electrons. The Morgan fingerprint density at radius 1 is 0.933 bits per heavy atom. The van der Waals surface area contributed by atoms with E-state index in [9.17, 15) is 4.79 Å². The average Bonchev–Trinajstić information content (AvgIpc) is 3.22. The molecule has 3 aromatic carbocycles. The molecule has 2 heterocycles. The van der Waals surface area contributed by atoms with Crippen LogP contribution >= 0.6 is 15.9 Å². The number of rotatable bonds is 4. The van der Waals surface area contributed by atoms with E-state index in [0.29, 0.717) is 29.2 Å². The molecule has 0 aliphatic heterocycles. The van der Waals surface area contributed by atoms with Gasteiger partial charge >= 0.3 is 0 Å². The summed E-state index contributed by atoms with van der Waals surface area (Å²) in [5.74, 6) is 0.424. The highest BCUT2D eigenvalue weighted by Gasteiger charge is 2.12. The molecule has 0 bridgehead atoms. The Morgan fingerprint density at radius 3 is 2.57 bits per heavy atom. The fourth-order valence-electron chi connectivity index (χ4n) is 3.40. The SMILES string of the molecule is O=C(NCc1ccc(-c2nc3ncccc3o2)cc1)c1cccc2c(Br)cccc12. The number of oxazole rings is 1. The summed E-state index contributed by atoms with van der Waals surface area (Å²) in [7, 11) is 0. The number of carbonyl (C=O) groups excluding carboxylic acids is 1. The summed E-state index contributed by atoms with van der Waals surface area (Å²) in [4.78, 5) is 21.4. The van der Waals surface area contributed by atoms with Gasteiger partial charge in [-0.3, -0.25) is 4.79 Å². The molecule has 0 aliphatic carbocycles. The van der Waals surface area contributed by atoms with Gasteiger partial charge in [0, 0.05) is 28.3 Å². The quantitative estimate of drug-likeness (QED) is 0.373. The lowest BCUT2D eigenvalue weighted by Gasteiger charge is -2.09. The highest BCUT2D eigenvalue weighted by atomic mass is 79.9. The van der Waals surface area contributed by atoms with Crippen molar-refractivity contribution in [3.05, 3.63) is 94.6 Å². The van der Waals surface area contributed by atoms with Gasteiger partial charge in [-0.15, -0.1) is 0 Å². The van der Waals surface area contributed by atoms with Gasteiger partial charge in [0.1, 0.15) is 0 Å². The fourth-order valence-corrected chi connectivity index (χ4v) is 3.90. The third kappa shape index (κ3) is 3.46. The first kappa shape index (κ1) is 18.5. The van der Waals surface area contributed by atoms with Crippen molar-refractivity contribution in [2.75, 3.05) is 0 Å². The van der Waals surface area contributed by atoms with E-state index < -0.39 is 0 Å². The highest BCUT2D eigenvalue weighted by Crippen LogP contribution is 2.26. The third-order valence-corrected chi connectivity index (χ3v) is 5.62. The van der Waals surface area contributed by atoms with E-state index in [1.807, 2.05) is 72.8 Å². The van der Waals surface area contributed by atoms with E-state index >= 15 is 0 Å². The van der Waals surface area contributed by atoms with Crippen molar-refractivity contribution in [1.82, 2.24) is 15.3 Å². The molecule has 0 unspecified atom stereocenters. The molecule has 6 heteroatoms. The Kier molecular flexibility index (Phi) is 4.77. The lowest BCUT2D eigenvalue weighted by atomic mass is 10.0. The van der Waals surface area contributed by atoms with E-state index in [2.05, 4.69) is 31.2 Å². The number of hydrogen-bond donors (Lipinski definition) is 1. The summed E-state index contributed by atoms with van der Waals surface area (Å²) < 4.78 is 6.73. The Morgan fingerprint density at radius 2 is 1.73 bits per heavy atom. The zero-order chi connectivity index (χ0) is 20.5. The number of fused-ring (bicyclic) bond motifs is 2. The molecule has 2 aromatic heterocycles. The predicted molar refractivity (Wildman–Crippen MR) is 120 cm³/mol. The lowest BCUT2D eigenvalue weighted by molar-refractivity contribution is 0.0952. The van der Waals surface area contributed by atoms with E-state index in [1.54, 1.807) is 6.20 Å². The van der Waals surface area contributed by atoms with Crippen molar-refractivity contribution in [1.29, 1.82) is 0 Å². The number of halogens is 1. The molecule has 0 spiro atoms. The zero-order valence-electron chi connectivity index (χ0n) is 15.8. The van der Waals surface area contributed by atoms with Gasteiger partial charge in [0.2, 0.25) is 5.89 Å². The maximum Gasteiger partial charge on any atom is 0.252 e. The van der Waals surface area contributed by atoms with Crippen LogP contribution in [0.1, 0.15) is 15.9 Å². The topological polar surface area (TPSA) is 68.0 Å². The van der Waals surface area contributed by atoms with Crippen LogP contribution in [0.4, 0.5) is 0 Å². The number of pyridine rings is 1. The van der Waals surface area contributed by atoms with E-state index in [1.165, 1.54) is 0 Å².